The molecule has 44 valence electrons. The quantitative estimate of drug-likeness (QED) is 0.469. The monoisotopic (exact) mass is 118 g/mol. The summed E-state index contributed by atoms with van der Waals surface area (Å²) in [7, 11) is 0. The lowest BCUT2D eigenvalue weighted by Gasteiger charge is -1.86. The Morgan fingerprint density at radius 3 is 3.11 bits per heavy atom. The van der Waals surface area contributed by atoms with Crippen molar-refractivity contribution in [1.82, 2.24) is 0 Å². The van der Waals surface area contributed by atoms with Crippen LogP contribution < -0.4 is 0 Å². The zero-order valence-corrected chi connectivity index (χ0v) is 4.92. The molecule has 0 spiro atoms. The van der Waals surface area contributed by atoms with Gasteiger partial charge in [0.15, 0.2) is 5.78 Å². The lowest BCUT2D eigenvalue weighted by molar-refractivity contribution is -0.113. The number of carbonyl (C=O) groups excluding carboxylic acids is 1. The molecule has 0 atom stereocenters. The summed E-state index contributed by atoms with van der Waals surface area (Å²) in [4.78, 5) is 10.7. The van der Waals surface area contributed by atoms with Crippen molar-refractivity contribution in [2.45, 2.75) is 6.42 Å². The average Bonchev–Trinajstić information content (AvgIpc) is 2.22. The Kier molecular flexibility index (Phi) is 0.758. The minimum atomic E-state index is 0.237. The van der Waals surface area contributed by atoms with Gasteiger partial charge in [-0.3, -0.25) is 4.79 Å². The second-order valence-corrected chi connectivity index (χ2v) is 2.29. The van der Waals surface area contributed by atoms with Crippen LogP contribution >= 0.6 is 0 Å². The summed E-state index contributed by atoms with van der Waals surface area (Å²) >= 11 is 0. The van der Waals surface area contributed by atoms with Crippen LogP contribution in [0.25, 0.3) is 0 Å². The Morgan fingerprint density at radius 2 is 2.33 bits per heavy atom. The molecule has 0 bridgehead atoms. The highest BCUT2D eigenvalue weighted by Gasteiger charge is 2.17. The van der Waals surface area contributed by atoms with Gasteiger partial charge < -0.3 is 0 Å². The Hall–Kier alpha value is -1.11. The van der Waals surface area contributed by atoms with Gasteiger partial charge in [-0.1, -0.05) is 18.2 Å². The SMILES string of the molecule is O=C1C=C2C=CC=C2C1. The van der Waals surface area contributed by atoms with E-state index in [4.69, 9.17) is 0 Å². The lowest BCUT2D eigenvalue weighted by atomic mass is 10.2. The third-order valence-electron chi connectivity index (χ3n) is 1.63. The molecule has 0 aromatic carbocycles. The van der Waals surface area contributed by atoms with E-state index >= 15 is 0 Å². The second-order valence-electron chi connectivity index (χ2n) is 2.29. The van der Waals surface area contributed by atoms with Crippen molar-refractivity contribution in [2.75, 3.05) is 0 Å². The van der Waals surface area contributed by atoms with Crippen molar-refractivity contribution in [3.63, 3.8) is 0 Å². The van der Waals surface area contributed by atoms with Crippen molar-refractivity contribution in [2.24, 2.45) is 0 Å². The molecular formula is C8H6O. The van der Waals surface area contributed by atoms with E-state index < -0.39 is 0 Å². The fourth-order valence-corrected chi connectivity index (χ4v) is 1.19. The summed E-state index contributed by atoms with van der Waals surface area (Å²) in [5, 5.41) is 0. The fourth-order valence-electron chi connectivity index (χ4n) is 1.19. The van der Waals surface area contributed by atoms with Gasteiger partial charge in [-0.2, -0.15) is 0 Å². The van der Waals surface area contributed by atoms with Gasteiger partial charge in [0.2, 0.25) is 0 Å². The fraction of sp³-hybridized carbons (Fsp3) is 0.125. The highest BCUT2D eigenvalue weighted by molar-refractivity contribution is 5.98. The number of hydrogen-bond acceptors (Lipinski definition) is 1. The van der Waals surface area contributed by atoms with Crippen LogP contribution in [0.1, 0.15) is 6.42 Å². The van der Waals surface area contributed by atoms with Gasteiger partial charge in [0.25, 0.3) is 0 Å². The van der Waals surface area contributed by atoms with E-state index in [-0.39, 0.29) is 5.78 Å². The third-order valence-corrected chi connectivity index (χ3v) is 1.63. The Balaban J connectivity index is 2.51. The maximum Gasteiger partial charge on any atom is 0.160 e. The predicted octanol–water partition coefficient (Wildman–Crippen LogP) is 1.38. The molecule has 0 fully saturated rings. The highest BCUT2D eigenvalue weighted by Crippen LogP contribution is 2.27. The normalized spacial score (nSPS) is 22.0. The molecule has 0 heterocycles. The summed E-state index contributed by atoms with van der Waals surface area (Å²) in [6.45, 7) is 0. The van der Waals surface area contributed by atoms with Crippen molar-refractivity contribution >= 4 is 5.78 Å². The molecule has 0 aliphatic heterocycles. The van der Waals surface area contributed by atoms with Gasteiger partial charge in [0, 0.05) is 6.42 Å². The van der Waals surface area contributed by atoms with Crippen LogP contribution in [-0.2, 0) is 4.79 Å². The highest BCUT2D eigenvalue weighted by atomic mass is 16.1. The minimum absolute atomic E-state index is 0.237. The van der Waals surface area contributed by atoms with E-state index in [9.17, 15) is 4.79 Å². The molecule has 0 amide bonds. The van der Waals surface area contributed by atoms with E-state index in [2.05, 4.69) is 0 Å². The number of fused-ring (bicyclic) bond motifs is 1. The Bertz CT molecular complexity index is 254. The molecule has 2 rings (SSSR count). The lowest BCUT2D eigenvalue weighted by Crippen LogP contribution is -1.83. The van der Waals surface area contributed by atoms with E-state index in [1.807, 2.05) is 18.2 Å². The van der Waals surface area contributed by atoms with Crippen LogP contribution in [0.2, 0.25) is 0 Å². The molecule has 2 aliphatic rings. The van der Waals surface area contributed by atoms with Crippen LogP contribution in [0.5, 0.6) is 0 Å². The van der Waals surface area contributed by atoms with Gasteiger partial charge in [0.1, 0.15) is 0 Å². The predicted molar refractivity (Wildman–Crippen MR) is 34.9 cm³/mol. The van der Waals surface area contributed by atoms with Crippen LogP contribution in [0.4, 0.5) is 0 Å². The van der Waals surface area contributed by atoms with E-state index in [1.165, 1.54) is 5.57 Å². The second kappa shape index (κ2) is 1.44. The molecule has 0 N–H and O–H groups in total. The van der Waals surface area contributed by atoms with Gasteiger partial charge >= 0.3 is 0 Å². The Labute approximate surface area is 53.4 Å². The van der Waals surface area contributed by atoms with Crippen LogP contribution in [-0.4, -0.2) is 5.78 Å². The molecule has 0 aromatic rings. The maximum atomic E-state index is 10.7. The number of hydrogen-bond donors (Lipinski definition) is 0. The number of rotatable bonds is 0. The zero-order valence-electron chi connectivity index (χ0n) is 4.92. The summed E-state index contributed by atoms with van der Waals surface area (Å²) in [6.07, 6.45) is 8.27. The summed E-state index contributed by atoms with van der Waals surface area (Å²) < 4.78 is 0. The number of allylic oxidation sites excluding steroid dienone is 6. The van der Waals surface area contributed by atoms with Crippen LogP contribution in [0.3, 0.4) is 0 Å². The smallest absolute Gasteiger partial charge is 0.160 e. The van der Waals surface area contributed by atoms with E-state index in [0.717, 1.165) is 5.57 Å². The Morgan fingerprint density at radius 1 is 1.44 bits per heavy atom. The van der Waals surface area contributed by atoms with Gasteiger partial charge in [-0.25, -0.2) is 0 Å². The molecule has 9 heavy (non-hydrogen) atoms. The summed E-state index contributed by atoms with van der Waals surface area (Å²) in [5.41, 5.74) is 2.29. The van der Waals surface area contributed by atoms with Crippen molar-refractivity contribution in [3.8, 4) is 0 Å². The molecule has 0 radical (unpaired) electrons. The number of ketones is 1. The van der Waals surface area contributed by atoms with Crippen molar-refractivity contribution in [3.05, 3.63) is 35.5 Å². The average molecular weight is 118 g/mol. The van der Waals surface area contributed by atoms with E-state index in [0.29, 0.717) is 6.42 Å². The summed E-state index contributed by atoms with van der Waals surface area (Å²) in [6, 6.07) is 0. The maximum absolute atomic E-state index is 10.7. The first-order valence-electron chi connectivity index (χ1n) is 2.98. The minimum Gasteiger partial charge on any atom is -0.294 e. The first kappa shape index (κ1) is 4.74. The molecule has 2 aliphatic carbocycles. The third kappa shape index (κ3) is 0.578. The van der Waals surface area contributed by atoms with Gasteiger partial charge in [-0.05, 0) is 17.2 Å². The molecule has 0 aromatic heterocycles. The zero-order chi connectivity index (χ0) is 6.27. The molecule has 0 unspecified atom stereocenters. The molecule has 1 heteroatoms. The topological polar surface area (TPSA) is 17.1 Å². The van der Waals surface area contributed by atoms with Crippen LogP contribution in [0, 0.1) is 0 Å². The van der Waals surface area contributed by atoms with E-state index in [1.54, 1.807) is 6.08 Å². The standard InChI is InChI=1S/C8H6O/c9-8-4-6-2-1-3-7(6)5-8/h1-4H,5H2. The van der Waals surface area contributed by atoms with Crippen LogP contribution in [0.15, 0.2) is 35.5 Å². The largest absolute Gasteiger partial charge is 0.294 e. The molecule has 0 saturated heterocycles. The number of carbonyl (C=O) groups is 1. The molecular weight excluding hydrogens is 112 g/mol. The van der Waals surface area contributed by atoms with Gasteiger partial charge in [0.05, 0.1) is 0 Å². The molecule has 0 saturated carbocycles. The first-order valence-corrected chi connectivity index (χ1v) is 2.98. The summed E-state index contributed by atoms with van der Waals surface area (Å²) in [5.74, 6) is 0.237. The van der Waals surface area contributed by atoms with Gasteiger partial charge in [-0.15, -0.1) is 0 Å². The molecule has 1 nitrogen and oxygen atoms in total. The van der Waals surface area contributed by atoms with Crippen molar-refractivity contribution < 1.29 is 4.79 Å². The van der Waals surface area contributed by atoms with Crippen molar-refractivity contribution in [1.29, 1.82) is 0 Å². The first-order chi connectivity index (χ1) is 4.36.